The van der Waals surface area contributed by atoms with Gasteiger partial charge in [-0.15, -0.1) is 0 Å². The van der Waals surface area contributed by atoms with Crippen LogP contribution in [0.25, 0.3) is 0 Å². The molecule has 5 heteroatoms. The third-order valence-corrected chi connectivity index (χ3v) is 4.40. The van der Waals surface area contributed by atoms with Gasteiger partial charge in [-0.3, -0.25) is 4.79 Å². The van der Waals surface area contributed by atoms with Crippen molar-refractivity contribution >= 4 is 23.2 Å². The highest BCUT2D eigenvalue weighted by Crippen LogP contribution is 2.23. The van der Waals surface area contributed by atoms with Crippen molar-refractivity contribution in [3.05, 3.63) is 29.3 Å². The number of benzene rings is 1. The van der Waals surface area contributed by atoms with Crippen molar-refractivity contribution in [2.75, 3.05) is 6.61 Å². The highest BCUT2D eigenvalue weighted by atomic mass is 32.1. The van der Waals surface area contributed by atoms with Crippen LogP contribution in [0.5, 0.6) is 5.75 Å². The molecule has 0 saturated heterocycles. The monoisotopic (exact) mass is 334 g/mol. The number of hydrogen-bond donors (Lipinski definition) is 2. The summed E-state index contributed by atoms with van der Waals surface area (Å²) >= 11 is 5.17. The van der Waals surface area contributed by atoms with E-state index in [4.69, 9.17) is 17.0 Å². The molecule has 0 unspecified atom stereocenters. The summed E-state index contributed by atoms with van der Waals surface area (Å²) in [5.41, 5.74) is 2.47. The maximum absolute atomic E-state index is 11.9. The van der Waals surface area contributed by atoms with Crippen LogP contribution in [0.3, 0.4) is 0 Å². The van der Waals surface area contributed by atoms with Crippen molar-refractivity contribution in [3.63, 3.8) is 0 Å². The Balaban J connectivity index is 1.77. The molecule has 1 aliphatic carbocycles. The summed E-state index contributed by atoms with van der Waals surface area (Å²) in [6, 6.07) is 6.33. The number of aryl methyl sites for hydroxylation is 1. The number of amides is 1. The van der Waals surface area contributed by atoms with Crippen LogP contribution in [0.2, 0.25) is 0 Å². The van der Waals surface area contributed by atoms with Gasteiger partial charge in [0.25, 0.3) is 5.91 Å². The van der Waals surface area contributed by atoms with E-state index in [1.54, 1.807) is 0 Å². The van der Waals surface area contributed by atoms with Crippen molar-refractivity contribution in [1.82, 2.24) is 10.6 Å². The van der Waals surface area contributed by atoms with Crippen molar-refractivity contribution in [3.8, 4) is 5.75 Å². The van der Waals surface area contributed by atoms with E-state index in [0.717, 1.165) is 12.8 Å². The smallest absolute Gasteiger partial charge is 0.264 e. The van der Waals surface area contributed by atoms with Crippen LogP contribution in [0, 0.1) is 6.92 Å². The highest BCUT2D eigenvalue weighted by Gasteiger charge is 2.16. The first-order chi connectivity index (χ1) is 11.0. The third-order valence-electron chi connectivity index (χ3n) is 4.18. The van der Waals surface area contributed by atoms with Gasteiger partial charge in [-0.25, -0.2) is 0 Å². The van der Waals surface area contributed by atoms with E-state index in [1.165, 1.54) is 24.0 Å². The van der Waals surface area contributed by atoms with E-state index < -0.39 is 0 Å². The number of carbonyl (C=O) groups is 1. The van der Waals surface area contributed by atoms with Gasteiger partial charge in [-0.2, -0.15) is 0 Å². The van der Waals surface area contributed by atoms with Crippen LogP contribution in [-0.4, -0.2) is 23.7 Å². The lowest BCUT2D eigenvalue weighted by Crippen LogP contribution is -2.44. The molecule has 0 heterocycles. The molecule has 1 aromatic rings. The first-order valence-electron chi connectivity index (χ1n) is 8.29. The van der Waals surface area contributed by atoms with Crippen molar-refractivity contribution in [2.45, 2.75) is 58.4 Å². The van der Waals surface area contributed by atoms with E-state index in [0.29, 0.717) is 22.8 Å². The average Bonchev–Trinajstić information content (AvgIpc) is 2.97. The second-order valence-corrected chi connectivity index (χ2v) is 6.87. The van der Waals surface area contributed by atoms with E-state index in [2.05, 4.69) is 37.5 Å². The topological polar surface area (TPSA) is 50.4 Å². The number of ether oxygens (including phenoxy) is 1. The molecule has 1 saturated carbocycles. The van der Waals surface area contributed by atoms with E-state index in [1.807, 2.05) is 12.1 Å². The zero-order valence-corrected chi connectivity index (χ0v) is 15.0. The minimum atomic E-state index is -0.230. The third kappa shape index (κ3) is 5.50. The SMILES string of the molecule is Cc1cc(OCC(=O)NC(=S)NC2CCCC2)ccc1C(C)C. The van der Waals surface area contributed by atoms with E-state index >= 15 is 0 Å². The van der Waals surface area contributed by atoms with Gasteiger partial charge in [0, 0.05) is 6.04 Å². The summed E-state index contributed by atoms with van der Waals surface area (Å²) in [6.07, 6.45) is 4.69. The van der Waals surface area contributed by atoms with Crippen molar-refractivity contribution in [2.24, 2.45) is 0 Å². The predicted octanol–water partition coefficient (Wildman–Crippen LogP) is 3.43. The van der Waals surface area contributed by atoms with Crippen LogP contribution in [0.15, 0.2) is 18.2 Å². The molecule has 126 valence electrons. The Labute approximate surface area is 144 Å². The molecular formula is C18H26N2O2S. The minimum Gasteiger partial charge on any atom is -0.484 e. The van der Waals surface area contributed by atoms with Crippen LogP contribution in [-0.2, 0) is 4.79 Å². The molecule has 23 heavy (non-hydrogen) atoms. The molecule has 4 nitrogen and oxygen atoms in total. The molecule has 0 atom stereocenters. The fourth-order valence-corrected chi connectivity index (χ4v) is 3.27. The normalized spacial score (nSPS) is 14.8. The minimum absolute atomic E-state index is 0.0348. The molecular weight excluding hydrogens is 308 g/mol. The molecule has 0 spiro atoms. The molecule has 0 radical (unpaired) electrons. The summed E-state index contributed by atoms with van der Waals surface area (Å²) in [7, 11) is 0. The summed E-state index contributed by atoms with van der Waals surface area (Å²) in [6.45, 7) is 6.35. The van der Waals surface area contributed by atoms with Crippen LogP contribution in [0.1, 0.15) is 56.6 Å². The number of carbonyl (C=O) groups excluding carboxylic acids is 1. The average molecular weight is 334 g/mol. The predicted molar refractivity (Wildman–Crippen MR) is 96.9 cm³/mol. The van der Waals surface area contributed by atoms with E-state index in [-0.39, 0.29) is 12.5 Å². The Kier molecular flexibility index (Phi) is 6.39. The number of thiocarbonyl (C=S) groups is 1. The lowest BCUT2D eigenvalue weighted by atomic mass is 9.98. The standard InChI is InChI=1S/C18H26N2O2S/c1-12(2)16-9-8-15(10-13(16)3)22-11-17(21)20-18(23)19-14-6-4-5-7-14/h8-10,12,14H,4-7,11H2,1-3H3,(H2,19,20,21,23). The lowest BCUT2D eigenvalue weighted by Gasteiger charge is -2.15. The van der Waals surface area contributed by atoms with Gasteiger partial charge in [0.05, 0.1) is 0 Å². The Morgan fingerprint density at radius 1 is 1.35 bits per heavy atom. The molecule has 1 amide bonds. The maximum atomic E-state index is 11.9. The molecule has 1 aromatic carbocycles. The molecule has 1 fully saturated rings. The molecule has 2 N–H and O–H groups in total. The Hall–Kier alpha value is -1.62. The molecule has 0 aromatic heterocycles. The highest BCUT2D eigenvalue weighted by molar-refractivity contribution is 7.80. The summed E-state index contributed by atoms with van der Waals surface area (Å²) in [5, 5.41) is 6.26. The fourth-order valence-electron chi connectivity index (χ4n) is 2.99. The first-order valence-corrected chi connectivity index (χ1v) is 8.70. The van der Waals surface area contributed by atoms with E-state index in [9.17, 15) is 4.79 Å². The largest absolute Gasteiger partial charge is 0.484 e. The number of hydrogen-bond acceptors (Lipinski definition) is 3. The van der Waals surface area contributed by atoms with Gasteiger partial charge in [0.1, 0.15) is 5.75 Å². The Morgan fingerprint density at radius 2 is 2.04 bits per heavy atom. The van der Waals surface area contributed by atoms with Gasteiger partial charge in [0.15, 0.2) is 11.7 Å². The molecule has 1 aliphatic rings. The van der Waals surface area contributed by atoms with Crippen LogP contribution >= 0.6 is 12.2 Å². The molecule has 0 aliphatic heterocycles. The fraction of sp³-hybridized carbons (Fsp3) is 0.556. The van der Waals surface area contributed by atoms with Crippen LogP contribution < -0.4 is 15.4 Å². The summed E-state index contributed by atoms with van der Waals surface area (Å²) in [5.74, 6) is 0.953. The molecule has 2 rings (SSSR count). The Bertz CT molecular complexity index is 566. The Morgan fingerprint density at radius 3 is 2.65 bits per heavy atom. The number of nitrogens with one attached hydrogen (secondary N) is 2. The van der Waals surface area contributed by atoms with Gasteiger partial charge in [-0.05, 0) is 61.2 Å². The van der Waals surface area contributed by atoms with Crippen molar-refractivity contribution < 1.29 is 9.53 Å². The second-order valence-electron chi connectivity index (χ2n) is 6.46. The first kappa shape index (κ1) is 17.7. The summed E-state index contributed by atoms with van der Waals surface area (Å²) in [4.78, 5) is 11.9. The number of rotatable bonds is 5. The van der Waals surface area contributed by atoms with Crippen molar-refractivity contribution in [1.29, 1.82) is 0 Å². The molecule has 0 bridgehead atoms. The van der Waals surface area contributed by atoms with Gasteiger partial charge < -0.3 is 15.4 Å². The second kappa shape index (κ2) is 8.29. The van der Waals surface area contributed by atoms with Gasteiger partial charge >= 0.3 is 0 Å². The lowest BCUT2D eigenvalue weighted by molar-refractivity contribution is -0.121. The van der Waals surface area contributed by atoms with Gasteiger partial charge in [0.2, 0.25) is 0 Å². The quantitative estimate of drug-likeness (QED) is 0.810. The zero-order valence-electron chi connectivity index (χ0n) is 14.1. The van der Waals surface area contributed by atoms with Gasteiger partial charge in [-0.1, -0.05) is 32.8 Å². The van der Waals surface area contributed by atoms with Crippen LogP contribution in [0.4, 0.5) is 0 Å². The zero-order chi connectivity index (χ0) is 16.8. The summed E-state index contributed by atoms with van der Waals surface area (Å²) < 4.78 is 5.55. The maximum Gasteiger partial charge on any atom is 0.264 e.